The second kappa shape index (κ2) is 7.95. The fraction of sp³-hybridized carbons (Fsp3) is 0.500. The molecule has 1 aliphatic carbocycles. The van der Waals surface area contributed by atoms with E-state index in [-0.39, 0.29) is 5.54 Å². The number of fused-ring (bicyclic) bond motifs is 1. The van der Waals surface area contributed by atoms with Crippen molar-refractivity contribution in [2.45, 2.75) is 64.8 Å². The highest BCUT2D eigenvalue weighted by Gasteiger charge is 2.47. The molecule has 29 heavy (non-hydrogen) atoms. The van der Waals surface area contributed by atoms with Crippen molar-refractivity contribution in [1.82, 2.24) is 4.90 Å². The Balaban J connectivity index is 1.60. The molecule has 4 rings (SSSR count). The fourth-order valence-corrected chi connectivity index (χ4v) is 5.64. The molecule has 154 valence electrons. The Morgan fingerprint density at radius 1 is 1.03 bits per heavy atom. The van der Waals surface area contributed by atoms with Gasteiger partial charge in [-0.3, -0.25) is 9.69 Å². The van der Waals surface area contributed by atoms with Gasteiger partial charge in [0.05, 0.1) is 12.6 Å². The number of ketones is 1. The van der Waals surface area contributed by atoms with Gasteiger partial charge in [0.1, 0.15) is 5.75 Å². The molecule has 2 aromatic rings. The van der Waals surface area contributed by atoms with Crippen LogP contribution in [0.25, 0.3) is 0 Å². The molecular formula is C26H33NO2. The highest BCUT2D eigenvalue weighted by atomic mass is 16.5. The minimum atomic E-state index is -0.313. The number of benzene rings is 2. The molecule has 0 N–H and O–H groups in total. The van der Waals surface area contributed by atoms with Crippen LogP contribution in [-0.2, 0) is 12.8 Å². The Labute approximate surface area is 175 Å². The van der Waals surface area contributed by atoms with Crippen molar-refractivity contribution in [1.29, 1.82) is 0 Å². The van der Waals surface area contributed by atoms with E-state index in [0.717, 1.165) is 62.1 Å². The Kier molecular flexibility index (Phi) is 5.52. The van der Waals surface area contributed by atoms with E-state index in [1.54, 1.807) is 7.11 Å². The number of likely N-dealkylation sites (tertiary alicyclic amines) is 1. The van der Waals surface area contributed by atoms with Crippen LogP contribution >= 0.6 is 0 Å². The maximum atomic E-state index is 13.7. The lowest BCUT2D eigenvalue weighted by Crippen LogP contribution is -2.59. The third kappa shape index (κ3) is 3.61. The molecular weight excluding hydrogens is 358 g/mol. The molecule has 3 nitrogen and oxygen atoms in total. The number of piperidine rings is 1. The number of aryl methyl sites for hydroxylation is 4. The van der Waals surface area contributed by atoms with Gasteiger partial charge < -0.3 is 4.74 Å². The first kappa shape index (κ1) is 20.2. The second-order valence-corrected chi connectivity index (χ2v) is 8.96. The van der Waals surface area contributed by atoms with Gasteiger partial charge in [0, 0.05) is 12.1 Å². The summed E-state index contributed by atoms with van der Waals surface area (Å²) in [5.41, 5.74) is 7.27. The predicted molar refractivity (Wildman–Crippen MR) is 118 cm³/mol. The Morgan fingerprint density at radius 2 is 1.79 bits per heavy atom. The normalized spacial score (nSPS) is 22.0. The molecule has 0 amide bonds. The predicted octanol–water partition coefficient (Wildman–Crippen LogP) is 5.22. The lowest BCUT2D eigenvalue weighted by atomic mass is 9.71. The zero-order chi connectivity index (χ0) is 20.6. The van der Waals surface area contributed by atoms with E-state index < -0.39 is 0 Å². The number of hydrogen-bond donors (Lipinski definition) is 0. The standard InChI is InChI=1S/C26H33NO2/c1-18-15-19(2)23(20(3)16-18)10-14-27-13-6-5-11-26(27)12-9-21-17-22(29-4)7-8-24(21)25(26)28/h7-8,15-17H,5-6,9-14H2,1-4H3. The van der Waals surface area contributed by atoms with E-state index in [1.807, 2.05) is 18.2 Å². The molecule has 3 heteroatoms. The lowest BCUT2D eigenvalue weighted by molar-refractivity contribution is 0.0298. The summed E-state index contributed by atoms with van der Waals surface area (Å²) in [5.74, 6) is 1.18. The molecule has 1 aliphatic heterocycles. The number of methoxy groups -OCH3 is 1. The smallest absolute Gasteiger partial charge is 0.183 e. The minimum absolute atomic E-state index is 0.313. The first-order valence-electron chi connectivity index (χ1n) is 11.0. The third-order valence-electron chi connectivity index (χ3n) is 7.13. The van der Waals surface area contributed by atoms with Crippen molar-refractivity contribution in [3.05, 3.63) is 63.7 Å². The van der Waals surface area contributed by atoms with Gasteiger partial charge in [-0.15, -0.1) is 0 Å². The first-order valence-corrected chi connectivity index (χ1v) is 11.0. The SMILES string of the molecule is COc1ccc2c(c1)CCC1(CCCCN1CCc1c(C)cc(C)cc1C)C2=O. The summed E-state index contributed by atoms with van der Waals surface area (Å²) in [7, 11) is 1.69. The number of Topliss-reactive ketones (excluding diaryl/α,β-unsaturated/α-hetero) is 1. The average molecular weight is 392 g/mol. The molecule has 0 bridgehead atoms. The molecule has 1 saturated heterocycles. The Bertz CT molecular complexity index is 909. The Morgan fingerprint density at radius 3 is 2.52 bits per heavy atom. The van der Waals surface area contributed by atoms with Crippen LogP contribution in [0.5, 0.6) is 5.75 Å². The molecule has 2 aromatic carbocycles. The number of rotatable bonds is 4. The Hall–Kier alpha value is -2.13. The van der Waals surface area contributed by atoms with Gasteiger partial charge in [0.2, 0.25) is 0 Å². The third-order valence-corrected chi connectivity index (χ3v) is 7.13. The summed E-state index contributed by atoms with van der Waals surface area (Å²) >= 11 is 0. The van der Waals surface area contributed by atoms with Crippen LogP contribution in [0.15, 0.2) is 30.3 Å². The van der Waals surface area contributed by atoms with Crippen molar-refractivity contribution < 1.29 is 9.53 Å². The van der Waals surface area contributed by atoms with E-state index in [9.17, 15) is 4.79 Å². The van der Waals surface area contributed by atoms with Gasteiger partial charge in [-0.1, -0.05) is 17.7 Å². The van der Waals surface area contributed by atoms with Crippen molar-refractivity contribution in [3.63, 3.8) is 0 Å². The van der Waals surface area contributed by atoms with Gasteiger partial charge in [-0.2, -0.15) is 0 Å². The van der Waals surface area contributed by atoms with Crippen molar-refractivity contribution >= 4 is 5.78 Å². The quantitative estimate of drug-likeness (QED) is 0.716. The van der Waals surface area contributed by atoms with Crippen LogP contribution in [0.2, 0.25) is 0 Å². The summed E-state index contributed by atoms with van der Waals surface area (Å²) in [6, 6.07) is 10.5. The zero-order valence-electron chi connectivity index (χ0n) is 18.3. The molecule has 1 fully saturated rings. The maximum absolute atomic E-state index is 13.7. The van der Waals surface area contributed by atoms with Crippen LogP contribution < -0.4 is 4.74 Å². The van der Waals surface area contributed by atoms with Gasteiger partial charge in [-0.05, 0) is 106 Å². The largest absolute Gasteiger partial charge is 0.497 e. The molecule has 0 radical (unpaired) electrons. The van der Waals surface area contributed by atoms with Gasteiger partial charge in [-0.25, -0.2) is 0 Å². The average Bonchev–Trinajstić information content (AvgIpc) is 2.71. The van der Waals surface area contributed by atoms with E-state index >= 15 is 0 Å². The summed E-state index contributed by atoms with van der Waals surface area (Å²) in [6.45, 7) is 8.59. The number of nitrogens with zero attached hydrogens (tertiary/aromatic N) is 1. The van der Waals surface area contributed by atoms with Crippen molar-refractivity contribution in [2.24, 2.45) is 0 Å². The highest BCUT2D eigenvalue weighted by molar-refractivity contribution is 6.05. The van der Waals surface area contributed by atoms with Gasteiger partial charge >= 0.3 is 0 Å². The summed E-state index contributed by atoms with van der Waals surface area (Å²) in [5, 5.41) is 0. The topological polar surface area (TPSA) is 29.5 Å². The first-order chi connectivity index (χ1) is 13.9. The highest BCUT2D eigenvalue weighted by Crippen LogP contribution is 2.40. The molecule has 1 spiro atoms. The number of ether oxygens (including phenoxy) is 1. The molecule has 1 unspecified atom stereocenters. The fourth-order valence-electron chi connectivity index (χ4n) is 5.64. The summed E-state index contributed by atoms with van der Waals surface area (Å²) in [4.78, 5) is 16.2. The van der Waals surface area contributed by atoms with E-state index in [0.29, 0.717) is 5.78 Å². The van der Waals surface area contributed by atoms with E-state index in [1.165, 1.54) is 28.7 Å². The minimum Gasteiger partial charge on any atom is -0.497 e. The monoisotopic (exact) mass is 391 g/mol. The van der Waals surface area contributed by atoms with Crippen LogP contribution in [0, 0.1) is 20.8 Å². The summed E-state index contributed by atoms with van der Waals surface area (Å²) < 4.78 is 5.37. The maximum Gasteiger partial charge on any atom is 0.183 e. The van der Waals surface area contributed by atoms with Crippen molar-refractivity contribution in [2.75, 3.05) is 20.2 Å². The number of carbonyl (C=O) groups is 1. The molecule has 2 aliphatic rings. The van der Waals surface area contributed by atoms with Crippen LogP contribution in [0.3, 0.4) is 0 Å². The molecule has 1 heterocycles. The molecule has 0 saturated carbocycles. The number of carbonyl (C=O) groups excluding carboxylic acids is 1. The molecule has 1 atom stereocenters. The second-order valence-electron chi connectivity index (χ2n) is 8.96. The van der Waals surface area contributed by atoms with Gasteiger partial charge in [0.15, 0.2) is 5.78 Å². The summed E-state index contributed by atoms with van der Waals surface area (Å²) in [6.07, 6.45) is 6.23. The van der Waals surface area contributed by atoms with E-state index in [2.05, 4.69) is 37.8 Å². The lowest BCUT2D eigenvalue weighted by Gasteiger charge is -2.48. The van der Waals surface area contributed by atoms with Gasteiger partial charge in [0.25, 0.3) is 0 Å². The number of hydrogen-bond acceptors (Lipinski definition) is 3. The zero-order valence-corrected chi connectivity index (χ0v) is 18.3. The molecule has 0 aromatic heterocycles. The van der Waals surface area contributed by atoms with Crippen LogP contribution in [0.4, 0.5) is 0 Å². The van der Waals surface area contributed by atoms with Crippen molar-refractivity contribution in [3.8, 4) is 5.75 Å². The van der Waals surface area contributed by atoms with Crippen LogP contribution in [-0.4, -0.2) is 36.4 Å². The van der Waals surface area contributed by atoms with Crippen LogP contribution in [0.1, 0.15) is 63.9 Å². The van der Waals surface area contributed by atoms with E-state index in [4.69, 9.17) is 4.74 Å².